The Hall–Kier alpha value is -2.50. The fourth-order valence-electron chi connectivity index (χ4n) is 1.51. The van der Waals surface area contributed by atoms with E-state index in [1.54, 1.807) is 0 Å². The summed E-state index contributed by atoms with van der Waals surface area (Å²) in [6, 6.07) is 9.05. The number of anilines is 3. The molecule has 1 aromatic heterocycles. The molecule has 0 saturated carbocycles. The van der Waals surface area contributed by atoms with Crippen LogP contribution in [0.1, 0.15) is 10.5 Å². The Kier molecular flexibility index (Phi) is 3.18. The van der Waals surface area contributed by atoms with E-state index in [0.717, 1.165) is 11.4 Å². The average Bonchev–Trinajstić information content (AvgIpc) is 2.76. The molecule has 2 rings (SSSR count). The maximum Gasteiger partial charge on any atom is 0.273 e. The monoisotopic (exact) mass is 245 g/mol. The number of hydrogen-bond acceptors (Lipinski definition) is 4. The Labute approximate surface area is 105 Å². The average molecular weight is 245 g/mol. The number of hydrogen-bond donors (Lipinski definition) is 3. The summed E-state index contributed by atoms with van der Waals surface area (Å²) in [7, 11) is 3.88. The molecule has 0 aliphatic rings. The third-order valence-corrected chi connectivity index (χ3v) is 2.46. The standard InChI is InChI=1S/C12H15N5O/c1-17(2)9-5-3-4-8(6-9)14-12(18)10-7-11(13)16-15-10/h3-7H,1-2H3,(H,14,18)(H3,13,15,16). The van der Waals surface area contributed by atoms with Crippen molar-refractivity contribution in [3.63, 3.8) is 0 Å². The summed E-state index contributed by atoms with van der Waals surface area (Å²) in [5.41, 5.74) is 7.51. The number of aromatic nitrogens is 2. The second-order valence-electron chi connectivity index (χ2n) is 4.11. The fraction of sp³-hybridized carbons (Fsp3) is 0.167. The number of nitrogens with one attached hydrogen (secondary N) is 2. The molecule has 0 aliphatic carbocycles. The van der Waals surface area contributed by atoms with Crippen molar-refractivity contribution in [2.24, 2.45) is 0 Å². The molecular formula is C12H15N5O. The number of nitrogens with zero attached hydrogens (tertiary/aromatic N) is 2. The summed E-state index contributed by atoms with van der Waals surface area (Å²) in [6.07, 6.45) is 0. The molecule has 1 aromatic carbocycles. The van der Waals surface area contributed by atoms with Gasteiger partial charge in [-0.15, -0.1) is 0 Å². The summed E-state index contributed by atoms with van der Waals surface area (Å²) in [5.74, 6) is 0.0253. The van der Waals surface area contributed by atoms with Crippen LogP contribution < -0.4 is 16.0 Å². The molecule has 0 atom stereocenters. The third-order valence-electron chi connectivity index (χ3n) is 2.46. The van der Waals surface area contributed by atoms with E-state index in [1.165, 1.54) is 6.07 Å². The number of rotatable bonds is 3. The van der Waals surface area contributed by atoms with Crippen LogP contribution in [0.3, 0.4) is 0 Å². The van der Waals surface area contributed by atoms with Gasteiger partial charge in [0.1, 0.15) is 11.5 Å². The van der Waals surface area contributed by atoms with Gasteiger partial charge in [0.05, 0.1) is 0 Å². The smallest absolute Gasteiger partial charge is 0.273 e. The number of H-pyrrole nitrogens is 1. The maximum absolute atomic E-state index is 11.9. The van der Waals surface area contributed by atoms with E-state index < -0.39 is 0 Å². The first kappa shape index (κ1) is 12.0. The lowest BCUT2D eigenvalue weighted by Crippen LogP contribution is -2.13. The molecule has 0 bridgehead atoms. The van der Waals surface area contributed by atoms with Crippen molar-refractivity contribution in [2.75, 3.05) is 30.0 Å². The fourth-order valence-corrected chi connectivity index (χ4v) is 1.51. The number of amides is 1. The number of carbonyl (C=O) groups is 1. The van der Waals surface area contributed by atoms with Crippen LogP contribution in [0.25, 0.3) is 0 Å². The summed E-state index contributed by atoms with van der Waals surface area (Å²) in [5, 5.41) is 9.05. The zero-order chi connectivity index (χ0) is 13.1. The molecule has 2 aromatic rings. The molecule has 1 amide bonds. The van der Waals surface area contributed by atoms with Crippen molar-refractivity contribution in [3.8, 4) is 0 Å². The molecule has 6 heteroatoms. The van der Waals surface area contributed by atoms with Gasteiger partial charge in [0.15, 0.2) is 0 Å². The molecule has 0 unspecified atom stereocenters. The number of carbonyl (C=O) groups excluding carboxylic acids is 1. The first-order valence-corrected chi connectivity index (χ1v) is 5.46. The number of nitrogens with two attached hydrogens (primary N) is 1. The van der Waals surface area contributed by atoms with Gasteiger partial charge in [-0.1, -0.05) is 6.07 Å². The minimum Gasteiger partial charge on any atom is -0.382 e. The van der Waals surface area contributed by atoms with Crippen LogP contribution in [0.4, 0.5) is 17.2 Å². The Morgan fingerprint density at radius 1 is 1.39 bits per heavy atom. The highest BCUT2D eigenvalue weighted by Gasteiger charge is 2.09. The predicted octanol–water partition coefficient (Wildman–Crippen LogP) is 1.31. The van der Waals surface area contributed by atoms with E-state index in [1.807, 2.05) is 43.3 Å². The minimum absolute atomic E-state index is 0.268. The van der Waals surface area contributed by atoms with Crippen molar-refractivity contribution in [1.82, 2.24) is 10.2 Å². The van der Waals surface area contributed by atoms with Gasteiger partial charge in [-0.3, -0.25) is 9.89 Å². The third kappa shape index (κ3) is 2.60. The molecule has 0 spiro atoms. The van der Waals surface area contributed by atoms with E-state index in [0.29, 0.717) is 11.5 Å². The Morgan fingerprint density at radius 3 is 2.78 bits per heavy atom. The summed E-state index contributed by atoms with van der Waals surface area (Å²) in [6.45, 7) is 0. The van der Waals surface area contributed by atoms with Crippen LogP contribution in [-0.2, 0) is 0 Å². The zero-order valence-electron chi connectivity index (χ0n) is 10.3. The van der Waals surface area contributed by atoms with E-state index in [4.69, 9.17) is 5.73 Å². The van der Waals surface area contributed by atoms with Gasteiger partial charge in [0, 0.05) is 31.5 Å². The van der Waals surface area contributed by atoms with Gasteiger partial charge in [0.25, 0.3) is 5.91 Å². The molecule has 94 valence electrons. The highest BCUT2D eigenvalue weighted by molar-refractivity contribution is 6.03. The van der Waals surface area contributed by atoms with Crippen molar-refractivity contribution in [3.05, 3.63) is 36.0 Å². The van der Waals surface area contributed by atoms with Crippen LogP contribution in [0.15, 0.2) is 30.3 Å². The topological polar surface area (TPSA) is 87.0 Å². The van der Waals surface area contributed by atoms with Crippen molar-refractivity contribution >= 4 is 23.1 Å². The molecule has 0 aliphatic heterocycles. The van der Waals surface area contributed by atoms with Crippen molar-refractivity contribution < 1.29 is 4.79 Å². The van der Waals surface area contributed by atoms with Gasteiger partial charge in [0.2, 0.25) is 0 Å². The lowest BCUT2D eigenvalue weighted by atomic mass is 10.2. The Bertz CT molecular complexity index is 561. The molecule has 18 heavy (non-hydrogen) atoms. The van der Waals surface area contributed by atoms with Crippen LogP contribution in [0.5, 0.6) is 0 Å². The van der Waals surface area contributed by atoms with Crippen molar-refractivity contribution in [1.29, 1.82) is 0 Å². The van der Waals surface area contributed by atoms with Gasteiger partial charge in [-0.25, -0.2) is 0 Å². The normalized spacial score (nSPS) is 10.1. The van der Waals surface area contributed by atoms with Crippen LogP contribution in [0, 0.1) is 0 Å². The van der Waals surface area contributed by atoms with Gasteiger partial charge in [-0.05, 0) is 18.2 Å². The van der Waals surface area contributed by atoms with E-state index in [9.17, 15) is 4.79 Å². The quantitative estimate of drug-likeness (QED) is 0.761. The number of nitrogen functional groups attached to an aromatic ring is 1. The van der Waals surface area contributed by atoms with Gasteiger partial charge >= 0.3 is 0 Å². The Morgan fingerprint density at radius 2 is 2.17 bits per heavy atom. The summed E-state index contributed by atoms with van der Waals surface area (Å²) < 4.78 is 0. The van der Waals surface area contributed by atoms with Gasteiger partial charge < -0.3 is 16.0 Å². The largest absolute Gasteiger partial charge is 0.382 e. The second kappa shape index (κ2) is 4.79. The second-order valence-corrected chi connectivity index (χ2v) is 4.11. The highest BCUT2D eigenvalue weighted by Crippen LogP contribution is 2.17. The van der Waals surface area contributed by atoms with E-state index in [-0.39, 0.29) is 5.91 Å². The first-order valence-electron chi connectivity index (χ1n) is 5.46. The van der Waals surface area contributed by atoms with Crippen LogP contribution >= 0.6 is 0 Å². The predicted molar refractivity (Wildman–Crippen MR) is 71.7 cm³/mol. The molecule has 6 nitrogen and oxygen atoms in total. The number of aromatic amines is 1. The molecule has 0 radical (unpaired) electrons. The zero-order valence-corrected chi connectivity index (χ0v) is 10.3. The minimum atomic E-state index is -0.268. The van der Waals surface area contributed by atoms with Gasteiger partial charge in [-0.2, -0.15) is 5.10 Å². The lowest BCUT2D eigenvalue weighted by Gasteiger charge is -2.13. The molecule has 1 heterocycles. The Balaban J connectivity index is 2.14. The molecule has 0 saturated heterocycles. The highest BCUT2D eigenvalue weighted by atomic mass is 16.1. The summed E-state index contributed by atoms with van der Waals surface area (Å²) >= 11 is 0. The molecular weight excluding hydrogens is 230 g/mol. The first-order chi connectivity index (χ1) is 8.56. The van der Waals surface area contributed by atoms with E-state index >= 15 is 0 Å². The number of benzene rings is 1. The van der Waals surface area contributed by atoms with Crippen molar-refractivity contribution in [2.45, 2.75) is 0 Å². The van der Waals surface area contributed by atoms with Crippen LogP contribution in [-0.4, -0.2) is 30.2 Å². The molecule has 0 fully saturated rings. The van der Waals surface area contributed by atoms with E-state index in [2.05, 4.69) is 15.5 Å². The van der Waals surface area contributed by atoms with Crippen LogP contribution in [0.2, 0.25) is 0 Å². The SMILES string of the molecule is CN(C)c1cccc(NC(=O)c2cc(N)n[nH]2)c1. The molecule has 4 N–H and O–H groups in total. The summed E-state index contributed by atoms with van der Waals surface area (Å²) in [4.78, 5) is 13.8. The lowest BCUT2D eigenvalue weighted by molar-refractivity contribution is 0.102. The maximum atomic E-state index is 11.9.